The molecule has 4 rings (SSSR count). The third kappa shape index (κ3) is 6.96. The molecule has 0 spiro atoms. The summed E-state index contributed by atoms with van der Waals surface area (Å²) in [5, 5.41) is 2.28. The van der Waals surface area contributed by atoms with Crippen molar-refractivity contribution in [1.82, 2.24) is 4.72 Å². The van der Waals surface area contributed by atoms with Crippen LogP contribution in [-0.2, 0) is 14.4 Å². The Morgan fingerprint density at radius 1 is 0.805 bits per heavy atom. The van der Waals surface area contributed by atoms with Crippen molar-refractivity contribution in [3.63, 3.8) is 0 Å². The van der Waals surface area contributed by atoms with Gasteiger partial charge in [0.15, 0.2) is 0 Å². The zero-order valence-electron chi connectivity index (χ0n) is 24.5. The lowest BCUT2D eigenvalue weighted by Crippen LogP contribution is -2.66. The van der Waals surface area contributed by atoms with Gasteiger partial charge in [0.05, 0.1) is 10.9 Å². The molecule has 0 amide bonds. The molecule has 0 aliphatic heterocycles. The molecule has 4 nitrogen and oxygen atoms in total. The van der Waals surface area contributed by atoms with E-state index in [2.05, 4.69) is 80.6 Å². The van der Waals surface area contributed by atoms with Gasteiger partial charge in [-0.05, 0) is 52.4 Å². The van der Waals surface area contributed by atoms with Gasteiger partial charge in [0, 0.05) is 6.61 Å². The molecule has 0 saturated carbocycles. The van der Waals surface area contributed by atoms with Crippen LogP contribution in [0.1, 0.15) is 44.4 Å². The lowest BCUT2D eigenvalue weighted by molar-refractivity contribution is 0.262. The third-order valence-corrected chi connectivity index (χ3v) is 14.2. The Balaban J connectivity index is 1.66. The maximum Gasteiger partial charge on any atom is 0.261 e. The number of hydrogen-bond donors (Lipinski definition) is 1. The summed E-state index contributed by atoms with van der Waals surface area (Å²) in [5.41, 5.74) is 1.89. The average Bonchev–Trinajstić information content (AvgIpc) is 2.97. The minimum absolute atomic E-state index is 0.148. The predicted octanol–water partition coefficient (Wildman–Crippen LogP) is 6.78. The first-order valence-corrected chi connectivity index (χ1v) is 17.5. The quantitative estimate of drug-likeness (QED) is 0.148. The highest BCUT2D eigenvalue weighted by Gasteiger charge is 2.50. The zero-order valence-corrected chi connectivity index (χ0v) is 26.3. The highest BCUT2D eigenvalue weighted by molar-refractivity contribution is 7.89. The lowest BCUT2D eigenvalue weighted by Gasteiger charge is -2.43. The van der Waals surface area contributed by atoms with Crippen LogP contribution in [0.25, 0.3) is 0 Å². The number of hydrogen-bond acceptors (Lipinski definition) is 3. The summed E-state index contributed by atoms with van der Waals surface area (Å²) >= 11 is 0. The third-order valence-electron chi connectivity index (χ3n) is 7.69. The van der Waals surface area contributed by atoms with E-state index in [1.807, 2.05) is 67.6 Å². The first-order valence-electron chi connectivity index (χ1n) is 14.1. The van der Waals surface area contributed by atoms with Gasteiger partial charge in [0.2, 0.25) is 10.0 Å². The fourth-order valence-corrected chi connectivity index (χ4v) is 11.4. The summed E-state index contributed by atoms with van der Waals surface area (Å²) in [6.45, 7) is 13.3. The molecule has 2 atom stereocenters. The number of rotatable bonds is 12. The molecule has 6 heteroatoms. The van der Waals surface area contributed by atoms with E-state index in [4.69, 9.17) is 4.43 Å². The number of benzene rings is 4. The Bertz CT molecular complexity index is 1460. The molecule has 0 saturated heterocycles. The molecule has 0 aromatic heterocycles. The second-order valence-electron chi connectivity index (χ2n) is 11.5. The van der Waals surface area contributed by atoms with Gasteiger partial charge in [-0.25, -0.2) is 13.1 Å². The van der Waals surface area contributed by atoms with E-state index in [0.717, 1.165) is 11.1 Å². The standard InChI is InChI=1S/C35H41NO3SSi/c1-6-29(34(30-16-10-7-11-17-30)36-40(37,38)31-24-22-28(2)23-25-31)26-27-39-41(35(3,4)5,32-18-12-8-13-19-32)33-20-14-9-15-21-33/h6-25,29,34,36H,1,26-27H2,2-5H3/t29-,34-/m0/s1. The van der Waals surface area contributed by atoms with Gasteiger partial charge in [-0.2, -0.15) is 0 Å². The number of sulfonamides is 1. The SMILES string of the molecule is C=C[C@@H](CCO[Si](c1ccccc1)(c1ccccc1)C(C)(C)C)[C@H](NS(=O)(=O)c1ccc(C)cc1)c1ccccc1. The maximum atomic E-state index is 13.5. The number of aryl methyl sites for hydroxylation is 1. The molecule has 41 heavy (non-hydrogen) atoms. The summed E-state index contributed by atoms with van der Waals surface area (Å²) in [6.07, 6.45) is 2.45. The van der Waals surface area contributed by atoms with Gasteiger partial charge in [-0.15, -0.1) is 6.58 Å². The Labute approximate surface area is 247 Å². The summed E-state index contributed by atoms with van der Waals surface area (Å²) < 4.78 is 37.1. The van der Waals surface area contributed by atoms with Crippen molar-refractivity contribution >= 4 is 28.7 Å². The molecule has 0 heterocycles. The van der Waals surface area contributed by atoms with Gasteiger partial charge in [0.1, 0.15) is 0 Å². The van der Waals surface area contributed by atoms with E-state index < -0.39 is 24.4 Å². The van der Waals surface area contributed by atoms with Crippen molar-refractivity contribution in [2.75, 3.05) is 6.61 Å². The van der Waals surface area contributed by atoms with Crippen molar-refractivity contribution in [1.29, 1.82) is 0 Å². The number of nitrogens with one attached hydrogen (secondary N) is 1. The predicted molar refractivity (Wildman–Crippen MR) is 173 cm³/mol. The maximum absolute atomic E-state index is 13.5. The molecule has 0 bridgehead atoms. The van der Waals surface area contributed by atoms with Gasteiger partial charge in [0.25, 0.3) is 8.32 Å². The van der Waals surface area contributed by atoms with Crippen LogP contribution in [0.3, 0.4) is 0 Å². The van der Waals surface area contributed by atoms with E-state index in [0.29, 0.717) is 13.0 Å². The minimum atomic E-state index is -3.77. The van der Waals surface area contributed by atoms with Crippen LogP contribution in [-0.4, -0.2) is 23.3 Å². The van der Waals surface area contributed by atoms with E-state index in [-0.39, 0.29) is 15.9 Å². The van der Waals surface area contributed by atoms with Crippen molar-refractivity contribution in [3.05, 3.63) is 139 Å². The summed E-state index contributed by atoms with van der Waals surface area (Å²) in [4.78, 5) is 0.246. The lowest BCUT2D eigenvalue weighted by atomic mass is 9.91. The fourth-order valence-electron chi connectivity index (χ4n) is 5.55. The van der Waals surface area contributed by atoms with Crippen molar-refractivity contribution in [2.45, 2.75) is 50.1 Å². The van der Waals surface area contributed by atoms with Crippen LogP contribution in [0.4, 0.5) is 0 Å². The van der Waals surface area contributed by atoms with Crippen LogP contribution in [0, 0.1) is 12.8 Å². The van der Waals surface area contributed by atoms with Crippen LogP contribution in [0.15, 0.2) is 133 Å². The molecular weight excluding hydrogens is 543 g/mol. The van der Waals surface area contributed by atoms with Crippen LogP contribution < -0.4 is 15.1 Å². The first-order chi connectivity index (χ1) is 19.6. The van der Waals surface area contributed by atoms with E-state index in [1.54, 1.807) is 12.1 Å². The van der Waals surface area contributed by atoms with Gasteiger partial charge in [-0.3, -0.25) is 0 Å². The Morgan fingerprint density at radius 3 is 1.76 bits per heavy atom. The molecule has 0 aliphatic rings. The van der Waals surface area contributed by atoms with Gasteiger partial charge in [-0.1, -0.05) is 136 Å². The van der Waals surface area contributed by atoms with Crippen LogP contribution in [0.2, 0.25) is 5.04 Å². The van der Waals surface area contributed by atoms with E-state index in [9.17, 15) is 8.42 Å². The summed E-state index contributed by atoms with van der Waals surface area (Å²) in [7, 11) is -6.49. The molecular formula is C35H41NO3SSi. The highest BCUT2D eigenvalue weighted by Crippen LogP contribution is 2.37. The topological polar surface area (TPSA) is 55.4 Å². The molecule has 0 aliphatic carbocycles. The highest BCUT2D eigenvalue weighted by atomic mass is 32.2. The first kappa shape index (κ1) is 30.7. The Morgan fingerprint density at radius 2 is 1.29 bits per heavy atom. The van der Waals surface area contributed by atoms with Crippen LogP contribution in [0.5, 0.6) is 0 Å². The van der Waals surface area contributed by atoms with E-state index >= 15 is 0 Å². The molecule has 0 fully saturated rings. The van der Waals surface area contributed by atoms with Crippen molar-refractivity contribution in [2.24, 2.45) is 5.92 Å². The van der Waals surface area contributed by atoms with Crippen molar-refractivity contribution < 1.29 is 12.8 Å². The molecule has 1 N–H and O–H groups in total. The van der Waals surface area contributed by atoms with E-state index in [1.165, 1.54) is 10.4 Å². The molecule has 0 unspecified atom stereocenters. The van der Waals surface area contributed by atoms with Crippen LogP contribution >= 0.6 is 0 Å². The fraction of sp³-hybridized carbons (Fsp3) is 0.257. The molecule has 214 valence electrons. The second kappa shape index (κ2) is 13.1. The average molecular weight is 584 g/mol. The van der Waals surface area contributed by atoms with Gasteiger partial charge < -0.3 is 4.43 Å². The Kier molecular flexibility index (Phi) is 9.82. The Hall–Kier alpha value is -3.29. The normalized spacial score (nSPS) is 13.9. The largest absolute Gasteiger partial charge is 0.407 e. The summed E-state index contributed by atoms with van der Waals surface area (Å²) in [5.74, 6) is -0.198. The smallest absolute Gasteiger partial charge is 0.261 e. The molecule has 4 aromatic carbocycles. The minimum Gasteiger partial charge on any atom is -0.407 e. The van der Waals surface area contributed by atoms with Crippen molar-refractivity contribution in [3.8, 4) is 0 Å². The van der Waals surface area contributed by atoms with Gasteiger partial charge >= 0.3 is 0 Å². The second-order valence-corrected chi connectivity index (χ2v) is 17.5. The summed E-state index contributed by atoms with van der Waals surface area (Å²) in [6, 6.07) is 37.2. The monoisotopic (exact) mass is 583 g/mol. The molecule has 4 aromatic rings. The zero-order chi connectivity index (χ0) is 29.5. The molecule has 0 radical (unpaired) electrons.